The fraction of sp³-hybridized carbons (Fsp3) is 1.00. The molecule has 92 valence electrons. The number of phosphoric acid groups is 2. The highest BCUT2D eigenvalue weighted by Gasteiger charge is 2.32. The molecule has 0 aromatic heterocycles. The molecule has 10 heteroatoms. The molecule has 3 N–H and O–H groups in total. The Morgan fingerprint density at radius 1 is 1.33 bits per heavy atom. The zero-order valence-electron chi connectivity index (χ0n) is 8.01. The molecular formula is C5H14O7P2S. The molecular weight excluding hydrogens is 266 g/mol. The normalized spacial score (nSPS) is 18.5. The SMILES string of the molecule is CC(CS)CCOP(=O)(O)OP(=O)(O)O. The van der Waals surface area contributed by atoms with Crippen molar-refractivity contribution in [1.29, 1.82) is 0 Å². The summed E-state index contributed by atoms with van der Waals surface area (Å²) >= 11 is 3.99. The third kappa shape index (κ3) is 9.53. The second kappa shape index (κ2) is 6.37. The Morgan fingerprint density at radius 2 is 1.87 bits per heavy atom. The van der Waals surface area contributed by atoms with Gasteiger partial charge in [-0.05, 0) is 18.1 Å². The zero-order chi connectivity index (χ0) is 12.1. The summed E-state index contributed by atoms with van der Waals surface area (Å²) in [5, 5.41) is 0. The molecule has 0 amide bonds. The summed E-state index contributed by atoms with van der Waals surface area (Å²) in [6.07, 6.45) is 0.443. The van der Waals surface area contributed by atoms with Crippen LogP contribution in [0.5, 0.6) is 0 Å². The lowest BCUT2D eigenvalue weighted by atomic mass is 10.1. The summed E-state index contributed by atoms with van der Waals surface area (Å²) in [5.41, 5.74) is 0. The molecule has 0 aliphatic rings. The number of thiol groups is 1. The van der Waals surface area contributed by atoms with Crippen molar-refractivity contribution in [3.63, 3.8) is 0 Å². The first-order valence-electron chi connectivity index (χ1n) is 4.01. The van der Waals surface area contributed by atoms with E-state index in [1.165, 1.54) is 0 Å². The van der Waals surface area contributed by atoms with Crippen LogP contribution in [0.15, 0.2) is 0 Å². The Kier molecular flexibility index (Phi) is 6.63. The summed E-state index contributed by atoms with van der Waals surface area (Å²) in [7, 11) is -9.68. The minimum absolute atomic E-state index is 0.129. The molecule has 0 aliphatic carbocycles. The predicted octanol–water partition coefficient (Wildman–Crippen LogP) is 1.17. The van der Waals surface area contributed by atoms with Crippen LogP contribution in [-0.4, -0.2) is 27.0 Å². The van der Waals surface area contributed by atoms with E-state index >= 15 is 0 Å². The van der Waals surface area contributed by atoms with Gasteiger partial charge in [-0.2, -0.15) is 16.9 Å². The summed E-state index contributed by atoms with van der Waals surface area (Å²) in [6.45, 7) is 1.72. The van der Waals surface area contributed by atoms with E-state index < -0.39 is 15.6 Å². The van der Waals surface area contributed by atoms with Crippen molar-refractivity contribution in [3.8, 4) is 0 Å². The largest absolute Gasteiger partial charge is 0.481 e. The van der Waals surface area contributed by atoms with Crippen LogP contribution in [0.25, 0.3) is 0 Å². The fourth-order valence-corrected chi connectivity index (χ4v) is 2.40. The molecule has 15 heavy (non-hydrogen) atoms. The van der Waals surface area contributed by atoms with Gasteiger partial charge in [-0.3, -0.25) is 4.52 Å². The number of rotatable bonds is 7. The highest BCUT2D eigenvalue weighted by atomic mass is 32.1. The lowest BCUT2D eigenvalue weighted by molar-refractivity contribution is 0.172. The van der Waals surface area contributed by atoms with Gasteiger partial charge in [0.2, 0.25) is 0 Å². The molecule has 0 aromatic carbocycles. The van der Waals surface area contributed by atoms with Gasteiger partial charge >= 0.3 is 15.6 Å². The maximum Gasteiger partial charge on any atom is 0.481 e. The molecule has 2 unspecified atom stereocenters. The van der Waals surface area contributed by atoms with E-state index in [1.807, 2.05) is 6.92 Å². The average Bonchev–Trinajstić information content (AvgIpc) is 1.98. The fourth-order valence-electron chi connectivity index (χ4n) is 0.619. The van der Waals surface area contributed by atoms with Gasteiger partial charge in [-0.15, -0.1) is 0 Å². The van der Waals surface area contributed by atoms with Crippen molar-refractivity contribution in [2.24, 2.45) is 5.92 Å². The quantitative estimate of drug-likeness (QED) is 0.409. The predicted molar refractivity (Wildman–Crippen MR) is 56.5 cm³/mol. The maximum atomic E-state index is 10.9. The van der Waals surface area contributed by atoms with Gasteiger partial charge in [0.1, 0.15) is 0 Å². The second-order valence-electron chi connectivity index (χ2n) is 2.95. The van der Waals surface area contributed by atoms with E-state index in [9.17, 15) is 9.13 Å². The van der Waals surface area contributed by atoms with E-state index in [0.29, 0.717) is 12.2 Å². The second-order valence-corrected chi connectivity index (χ2v) is 6.15. The van der Waals surface area contributed by atoms with Crippen LogP contribution >= 0.6 is 28.3 Å². The van der Waals surface area contributed by atoms with Gasteiger partial charge in [-0.1, -0.05) is 6.92 Å². The Morgan fingerprint density at radius 3 is 2.27 bits per heavy atom. The maximum absolute atomic E-state index is 10.9. The number of phosphoric ester groups is 1. The first-order valence-corrected chi connectivity index (χ1v) is 7.67. The lowest BCUT2D eigenvalue weighted by Gasteiger charge is -2.13. The average molecular weight is 280 g/mol. The minimum atomic E-state index is -5.01. The third-order valence-electron chi connectivity index (χ3n) is 1.39. The molecule has 0 radical (unpaired) electrons. The van der Waals surface area contributed by atoms with E-state index in [4.69, 9.17) is 14.7 Å². The molecule has 0 aliphatic heterocycles. The van der Waals surface area contributed by atoms with Crippen molar-refractivity contribution >= 4 is 28.3 Å². The first kappa shape index (κ1) is 15.6. The molecule has 0 fully saturated rings. The molecule has 2 atom stereocenters. The van der Waals surface area contributed by atoms with E-state index in [1.54, 1.807) is 0 Å². The Balaban J connectivity index is 3.95. The van der Waals surface area contributed by atoms with Gasteiger partial charge in [-0.25, -0.2) is 9.13 Å². The highest BCUT2D eigenvalue weighted by Crippen LogP contribution is 2.57. The molecule has 0 heterocycles. The summed E-state index contributed by atoms with van der Waals surface area (Å²) in [6, 6.07) is 0. The lowest BCUT2D eigenvalue weighted by Crippen LogP contribution is -2.03. The monoisotopic (exact) mass is 280 g/mol. The van der Waals surface area contributed by atoms with Crippen LogP contribution in [0, 0.1) is 5.92 Å². The van der Waals surface area contributed by atoms with E-state index in [-0.39, 0.29) is 12.5 Å². The zero-order valence-corrected chi connectivity index (χ0v) is 10.7. The minimum Gasteiger partial charge on any atom is -0.302 e. The first-order chi connectivity index (χ1) is 6.66. The number of hydrogen-bond donors (Lipinski definition) is 4. The molecule has 0 aromatic rings. The Labute approximate surface area is 93.1 Å². The van der Waals surface area contributed by atoms with Crippen molar-refractivity contribution in [3.05, 3.63) is 0 Å². The number of hydrogen-bond acceptors (Lipinski definition) is 5. The third-order valence-corrected chi connectivity index (χ3v) is 4.19. The van der Waals surface area contributed by atoms with Crippen molar-refractivity contribution in [2.45, 2.75) is 13.3 Å². The van der Waals surface area contributed by atoms with Crippen LogP contribution in [0.4, 0.5) is 0 Å². The van der Waals surface area contributed by atoms with Gasteiger partial charge < -0.3 is 14.7 Å². The topological polar surface area (TPSA) is 113 Å². The van der Waals surface area contributed by atoms with E-state index in [2.05, 4.69) is 21.5 Å². The Bertz CT molecular complexity index is 277. The summed E-state index contributed by atoms with van der Waals surface area (Å²) < 4.78 is 29.1. The molecule has 7 nitrogen and oxygen atoms in total. The standard InChI is InChI=1S/C5H14O7P2S/c1-5(4-15)2-3-11-14(9,10)12-13(6,7)8/h5,15H,2-4H2,1H3,(H,9,10)(H2,6,7,8). The molecule has 0 saturated carbocycles. The van der Waals surface area contributed by atoms with E-state index in [0.717, 1.165) is 0 Å². The summed E-state index contributed by atoms with van der Waals surface area (Å²) in [5.74, 6) is 0.752. The van der Waals surface area contributed by atoms with Crippen LogP contribution in [-0.2, 0) is 18.0 Å². The van der Waals surface area contributed by atoms with Gasteiger partial charge in [0, 0.05) is 0 Å². The Hall–Kier alpha value is 0.610. The highest BCUT2D eigenvalue weighted by molar-refractivity contribution is 7.80. The van der Waals surface area contributed by atoms with Crippen molar-refractivity contribution < 1.29 is 32.6 Å². The molecule has 0 bridgehead atoms. The molecule has 0 spiro atoms. The van der Waals surface area contributed by atoms with Gasteiger partial charge in [0.05, 0.1) is 6.61 Å². The van der Waals surface area contributed by atoms with Crippen LogP contribution < -0.4 is 0 Å². The summed E-state index contributed by atoms with van der Waals surface area (Å²) in [4.78, 5) is 25.4. The van der Waals surface area contributed by atoms with Gasteiger partial charge in [0.25, 0.3) is 0 Å². The van der Waals surface area contributed by atoms with Crippen LogP contribution in [0.2, 0.25) is 0 Å². The van der Waals surface area contributed by atoms with Crippen LogP contribution in [0.1, 0.15) is 13.3 Å². The van der Waals surface area contributed by atoms with Crippen LogP contribution in [0.3, 0.4) is 0 Å². The molecule has 0 saturated heterocycles. The van der Waals surface area contributed by atoms with Crippen molar-refractivity contribution in [1.82, 2.24) is 0 Å². The van der Waals surface area contributed by atoms with Gasteiger partial charge in [0.15, 0.2) is 0 Å². The smallest absolute Gasteiger partial charge is 0.302 e. The molecule has 0 rings (SSSR count). The van der Waals surface area contributed by atoms with Crippen molar-refractivity contribution in [2.75, 3.05) is 12.4 Å².